The molecule has 4 heteroatoms. The van der Waals surface area contributed by atoms with Crippen molar-refractivity contribution in [3.63, 3.8) is 0 Å². The van der Waals surface area contributed by atoms with Gasteiger partial charge in [-0.05, 0) is 60.6 Å². The van der Waals surface area contributed by atoms with Crippen LogP contribution in [0.15, 0.2) is 42.6 Å². The van der Waals surface area contributed by atoms with Crippen LogP contribution in [0.1, 0.15) is 47.2 Å². The lowest BCUT2D eigenvalue weighted by Gasteiger charge is -2.05. The van der Waals surface area contributed by atoms with Crippen molar-refractivity contribution in [2.75, 3.05) is 0 Å². The van der Waals surface area contributed by atoms with Gasteiger partial charge in [0.05, 0.1) is 5.56 Å². The topological polar surface area (TPSA) is 12.9 Å². The summed E-state index contributed by atoms with van der Waals surface area (Å²) in [6.45, 7) is 3.88. The molecule has 138 valence electrons. The largest absolute Gasteiger partial charge is 0.236 e. The van der Waals surface area contributed by atoms with Gasteiger partial charge in [0.25, 0.3) is 0 Å². The number of aromatic nitrogens is 1. The lowest BCUT2D eigenvalue weighted by Crippen LogP contribution is -1.88. The number of hydrogen-bond donors (Lipinski definition) is 0. The summed E-state index contributed by atoms with van der Waals surface area (Å²) in [5.74, 6) is 5.09. The van der Waals surface area contributed by atoms with Crippen molar-refractivity contribution in [3.05, 3.63) is 75.2 Å². The smallest absolute Gasteiger partial charge is 0.167 e. The van der Waals surface area contributed by atoms with Gasteiger partial charge in [0.15, 0.2) is 5.01 Å². The van der Waals surface area contributed by atoms with Crippen molar-refractivity contribution in [2.24, 2.45) is 0 Å². The van der Waals surface area contributed by atoms with Gasteiger partial charge in [-0.15, -0.1) is 11.3 Å². The van der Waals surface area contributed by atoms with Crippen LogP contribution in [0, 0.1) is 30.4 Å². The molecule has 0 atom stereocenters. The molecule has 2 aromatic carbocycles. The van der Waals surface area contributed by atoms with Crippen molar-refractivity contribution < 1.29 is 8.78 Å². The maximum Gasteiger partial charge on any atom is 0.167 e. The highest BCUT2D eigenvalue weighted by atomic mass is 32.1. The lowest BCUT2D eigenvalue weighted by molar-refractivity contribution is 0.618. The van der Waals surface area contributed by atoms with E-state index in [0.717, 1.165) is 12.8 Å². The molecule has 0 N–H and O–H groups in total. The minimum Gasteiger partial charge on any atom is -0.236 e. The van der Waals surface area contributed by atoms with Gasteiger partial charge in [-0.25, -0.2) is 13.8 Å². The summed E-state index contributed by atoms with van der Waals surface area (Å²) >= 11 is 1.56. The summed E-state index contributed by atoms with van der Waals surface area (Å²) in [4.78, 5) is 5.52. The number of rotatable bonds is 5. The summed E-state index contributed by atoms with van der Waals surface area (Å²) in [7, 11) is 0. The molecule has 3 rings (SSSR count). The minimum atomic E-state index is -0.416. The third-order valence-electron chi connectivity index (χ3n) is 4.36. The van der Waals surface area contributed by atoms with E-state index in [2.05, 4.69) is 23.7 Å². The fourth-order valence-corrected chi connectivity index (χ4v) is 3.53. The van der Waals surface area contributed by atoms with Gasteiger partial charge >= 0.3 is 0 Å². The van der Waals surface area contributed by atoms with Gasteiger partial charge in [0.2, 0.25) is 0 Å². The second-order valence-electron chi connectivity index (χ2n) is 6.50. The molecule has 27 heavy (non-hydrogen) atoms. The molecule has 0 fully saturated rings. The van der Waals surface area contributed by atoms with E-state index in [0.29, 0.717) is 27.3 Å². The number of benzene rings is 2. The average molecular weight is 381 g/mol. The van der Waals surface area contributed by atoms with Gasteiger partial charge in [0.1, 0.15) is 11.6 Å². The Bertz CT molecular complexity index is 995. The number of nitrogens with zero attached hydrogens (tertiary/aromatic N) is 1. The third-order valence-corrected chi connectivity index (χ3v) is 5.33. The number of halogens is 2. The van der Waals surface area contributed by atoms with Crippen LogP contribution in [0.2, 0.25) is 0 Å². The number of hydrogen-bond acceptors (Lipinski definition) is 2. The molecule has 0 spiro atoms. The van der Waals surface area contributed by atoms with Crippen LogP contribution in [0.25, 0.3) is 11.1 Å². The number of aryl methyl sites for hydroxylation is 2. The SMILES string of the molecule is CCCCCc1cnc(C#Cc2ccc(-c3ccc(C)c(F)c3)cc2F)s1. The fraction of sp³-hybridized carbons (Fsp3) is 0.261. The molecule has 0 bridgehead atoms. The molecule has 0 unspecified atom stereocenters. The van der Waals surface area contributed by atoms with Crippen molar-refractivity contribution >= 4 is 11.3 Å². The quantitative estimate of drug-likeness (QED) is 0.362. The van der Waals surface area contributed by atoms with Crippen LogP contribution >= 0.6 is 11.3 Å². The Morgan fingerprint density at radius 2 is 1.70 bits per heavy atom. The summed E-state index contributed by atoms with van der Waals surface area (Å²) < 4.78 is 28.1. The molecule has 1 heterocycles. The maximum absolute atomic E-state index is 14.4. The average Bonchev–Trinajstić information content (AvgIpc) is 3.11. The Morgan fingerprint density at radius 3 is 2.41 bits per heavy atom. The molecule has 0 amide bonds. The first-order valence-electron chi connectivity index (χ1n) is 9.09. The van der Waals surface area contributed by atoms with E-state index < -0.39 is 5.82 Å². The zero-order chi connectivity index (χ0) is 19.2. The highest BCUT2D eigenvalue weighted by Crippen LogP contribution is 2.24. The second kappa shape index (κ2) is 8.92. The van der Waals surface area contributed by atoms with Crippen LogP contribution in [0.5, 0.6) is 0 Å². The van der Waals surface area contributed by atoms with Crippen LogP contribution in [0.4, 0.5) is 8.78 Å². The summed E-state index contributed by atoms with van der Waals surface area (Å²) in [5.41, 5.74) is 2.16. The van der Waals surface area contributed by atoms with Crippen LogP contribution in [-0.4, -0.2) is 4.98 Å². The van der Waals surface area contributed by atoms with E-state index in [9.17, 15) is 8.78 Å². The molecular formula is C23H21F2NS. The predicted octanol–water partition coefficient (Wildman–Crippen LogP) is 6.53. The molecule has 0 aliphatic rings. The van der Waals surface area contributed by atoms with Gasteiger partial charge in [-0.3, -0.25) is 0 Å². The second-order valence-corrected chi connectivity index (χ2v) is 7.61. The maximum atomic E-state index is 14.4. The highest BCUT2D eigenvalue weighted by Gasteiger charge is 2.06. The molecular weight excluding hydrogens is 360 g/mol. The highest BCUT2D eigenvalue weighted by molar-refractivity contribution is 7.12. The van der Waals surface area contributed by atoms with E-state index in [1.54, 1.807) is 42.5 Å². The number of thiazole rings is 1. The molecule has 0 saturated carbocycles. The first kappa shape index (κ1) is 19.3. The Labute approximate surface area is 163 Å². The molecule has 0 saturated heterocycles. The fourth-order valence-electron chi connectivity index (χ4n) is 2.72. The normalized spacial score (nSPS) is 10.5. The van der Waals surface area contributed by atoms with E-state index in [1.807, 2.05) is 6.20 Å². The van der Waals surface area contributed by atoms with Crippen molar-refractivity contribution in [1.82, 2.24) is 4.98 Å². The molecule has 0 aliphatic carbocycles. The summed E-state index contributed by atoms with van der Waals surface area (Å²) in [5, 5.41) is 0.700. The summed E-state index contributed by atoms with van der Waals surface area (Å²) in [6, 6.07) is 9.68. The lowest BCUT2D eigenvalue weighted by atomic mass is 10.0. The standard InChI is InChI=1S/C23H21F2NS/c1-3-4-5-6-20-15-26-23(27-20)12-11-17-9-10-19(14-22(17)25)18-8-7-16(2)21(24)13-18/h7-10,13-15H,3-6H2,1-2H3. The summed E-state index contributed by atoms with van der Waals surface area (Å²) in [6.07, 6.45) is 6.43. The van der Waals surface area contributed by atoms with E-state index >= 15 is 0 Å². The molecule has 1 nitrogen and oxygen atoms in total. The van der Waals surface area contributed by atoms with E-state index in [4.69, 9.17) is 0 Å². The van der Waals surface area contributed by atoms with Crippen molar-refractivity contribution in [3.8, 4) is 23.0 Å². The number of unbranched alkanes of at least 4 members (excludes halogenated alkanes) is 2. The third kappa shape index (κ3) is 5.02. The van der Waals surface area contributed by atoms with Crippen LogP contribution in [-0.2, 0) is 6.42 Å². The van der Waals surface area contributed by atoms with Crippen LogP contribution < -0.4 is 0 Å². The Morgan fingerprint density at radius 1 is 0.963 bits per heavy atom. The zero-order valence-corrected chi connectivity index (χ0v) is 16.3. The first-order valence-corrected chi connectivity index (χ1v) is 9.91. The molecule has 1 aromatic heterocycles. The Balaban J connectivity index is 1.75. The molecule has 0 radical (unpaired) electrons. The van der Waals surface area contributed by atoms with E-state index in [1.165, 1.54) is 29.9 Å². The zero-order valence-electron chi connectivity index (χ0n) is 15.5. The first-order chi connectivity index (χ1) is 13.1. The minimum absolute atomic E-state index is 0.296. The van der Waals surface area contributed by atoms with Gasteiger partial charge < -0.3 is 0 Å². The predicted molar refractivity (Wildman–Crippen MR) is 108 cm³/mol. The van der Waals surface area contributed by atoms with Crippen LogP contribution in [0.3, 0.4) is 0 Å². The van der Waals surface area contributed by atoms with Gasteiger partial charge in [-0.1, -0.05) is 43.9 Å². The van der Waals surface area contributed by atoms with Gasteiger partial charge in [-0.2, -0.15) is 0 Å². The molecule has 3 aromatic rings. The monoisotopic (exact) mass is 381 g/mol. The van der Waals surface area contributed by atoms with Crippen molar-refractivity contribution in [1.29, 1.82) is 0 Å². The van der Waals surface area contributed by atoms with Gasteiger partial charge in [0, 0.05) is 11.1 Å². The Kier molecular flexibility index (Phi) is 6.36. The van der Waals surface area contributed by atoms with E-state index in [-0.39, 0.29) is 5.82 Å². The Hall–Kier alpha value is -2.51. The molecule has 0 aliphatic heterocycles. The van der Waals surface area contributed by atoms with Crippen molar-refractivity contribution in [2.45, 2.75) is 39.5 Å².